The van der Waals surface area contributed by atoms with Crippen molar-refractivity contribution in [3.63, 3.8) is 0 Å². The van der Waals surface area contributed by atoms with Crippen LogP contribution in [0, 0.1) is 47.4 Å². The van der Waals surface area contributed by atoms with E-state index in [4.69, 9.17) is 12.8 Å². The number of terminal acetylenes is 2. The van der Waals surface area contributed by atoms with Crippen LogP contribution in [0.2, 0.25) is 0 Å². The molecule has 4 fully saturated rings. The lowest BCUT2D eigenvalue weighted by Gasteiger charge is -2.35. The number of nitrogens with one attached hydrogen (secondary N) is 4. The minimum absolute atomic E-state index is 0.0127. The van der Waals surface area contributed by atoms with Crippen molar-refractivity contribution in [1.82, 2.24) is 39.9 Å². The summed E-state index contributed by atoms with van der Waals surface area (Å²) in [5.41, 5.74) is 5.15. The van der Waals surface area contributed by atoms with Crippen LogP contribution < -0.4 is 60.5 Å². The van der Waals surface area contributed by atoms with E-state index in [1.165, 1.54) is 0 Å². The lowest BCUT2D eigenvalue weighted by atomic mass is 9.88. The van der Waals surface area contributed by atoms with Gasteiger partial charge in [0.25, 0.3) is 0 Å². The second kappa shape index (κ2) is 34.7. The number of anilines is 12. The molecule has 29 nitrogen and oxygen atoms in total. The zero-order chi connectivity index (χ0) is 80.3. The lowest BCUT2D eigenvalue weighted by Crippen LogP contribution is -2.48. The van der Waals surface area contributed by atoms with Crippen molar-refractivity contribution in [3.05, 3.63) is 205 Å². The number of rotatable bonds is 17. The Balaban J connectivity index is 0.000000127. The highest BCUT2D eigenvalue weighted by molar-refractivity contribution is 6.09. The highest BCUT2D eigenvalue weighted by Gasteiger charge is 2.45. The maximum atomic E-state index is 13.1. The summed E-state index contributed by atoms with van der Waals surface area (Å²) < 4.78 is 0. The normalized spacial score (nSPS) is 17.4. The molecule has 0 saturated carbocycles. The Bertz CT molecular complexity index is 5280. The predicted molar refractivity (Wildman–Crippen MR) is 439 cm³/mol. The second-order valence-electron chi connectivity index (χ2n) is 29.6. The van der Waals surface area contributed by atoms with Crippen LogP contribution in [0.25, 0.3) is 0 Å². The quantitative estimate of drug-likeness (QED) is 0.0486. The van der Waals surface area contributed by atoms with Crippen molar-refractivity contribution in [2.45, 2.75) is 109 Å². The third-order valence-electron chi connectivity index (χ3n) is 21.1. The first-order valence-corrected chi connectivity index (χ1v) is 38.4. The molecule has 4 N–H and O–H groups in total. The molecular weight excluding hydrogens is 1460 g/mol. The van der Waals surface area contributed by atoms with E-state index >= 15 is 0 Å². The van der Waals surface area contributed by atoms with E-state index in [1.54, 1.807) is 137 Å². The molecule has 9 aromatic rings. The minimum atomic E-state index is -0.771. The molecule has 8 aliphatic heterocycles. The van der Waals surface area contributed by atoms with E-state index in [-0.39, 0.29) is 102 Å². The van der Waals surface area contributed by atoms with Crippen molar-refractivity contribution in [2.75, 3.05) is 113 Å². The van der Waals surface area contributed by atoms with E-state index in [0.717, 1.165) is 106 Å². The molecule has 17 rings (SSSR count). The van der Waals surface area contributed by atoms with Gasteiger partial charge in [-0.2, -0.15) is 5.26 Å². The number of hydrogen-bond acceptors (Lipinski definition) is 21. The molecule has 29 heteroatoms. The van der Waals surface area contributed by atoms with Crippen molar-refractivity contribution < 1.29 is 38.4 Å². The number of carbonyl (C=O) groups is 8. The van der Waals surface area contributed by atoms with E-state index < -0.39 is 5.41 Å². The fraction of sp³-hybridized carbons (Fsp3) is 0.314. The monoisotopic (exact) mass is 1540 g/mol. The summed E-state index contributed by atoms with van der Waals surface area (Å²) in [5.74, 6) is 8.38. The molecule has 0 aliphatic carbocycles. The Kier molecular flexibility index (Phi) is 23.5. The average molecular weight is 1540 g/mol. The number of amides is 8. The molecule has 8 bridgehead atoms. The summed E-state index contributed by atoms with van der Waals surface area (Å²) in [6.07, 6.45) is 22.5. The molecule has 8 amide bonds. The Hall–Kier alpha value is -14.0. The molecular formula is C86H85N21O8. The lowest BCUT2D eigenvalue weighted by molar-refractivity contribution is 0.0943. The third-order valence-corrected chi connectivity index (χ3v) is 21.1. The van der Waals surface area contributed by atoms with Gasteiger partial charge in [-0.3, -0.25) is 60.0 Å². The summed E-state index contributed by atoms with van der Waals surface area (Å²) in [7, 11) is 0. The van der Waals surface area contributed by atoms with E-state index in [0.29, 0.717) is 82.9 Å². The standard InChI is InChI=1S/C24H23N5O2.C21H22N6O2.C21H21N5O2.C20H19N5O2/c30-21(12-9-17-6-2-1-3-7-17)19-10-11-20-23(26-19)29(18-13-15-28(20)16-18)24(31)27-22-8-4-5-14-25-22;1-21(2,13-22)11-17(28)15-6-7-16-19(24-15)27(14-8-10-26(16)12-14)20(29)25-18-5-3-4-9-23-18;1-3-14(2)12-18(27)16-7-8-17-20(23-16)26(15-9-11-25(17)13-15)21(28)24-19-6-4-5-10-22-19;1-2-3-6-17(26)15-8-9-16-19(22-15)25(14-10-12-24(16)13-14)20(27)23-18-7-4-5-11-21-18/h1-8,10-11,14,18H,9,12-13,15-16H2,(H,25,27,31);3-7,9,14H,8,10-12H2,1-2H3,(H,23,25,29);1,4-8,10,14-15H,9,11-13H2,2H3,(H,22,24,28);1,4-5,7-9,11,14H,3,6,10,12-13H2,(H,21,23,27)/t18-;14-;14-,15+;14-/m0010/s1. The van der Waals surface area contributed by atoms with Crippen LogP contribution in [0.1, 0.15) is 126 Å². The number of aryl methyl sites for hydroxylation is 1. The van der Waals surface area contributed by atoms with Gasteiger partial charge in [0.05, 0.1) is 58.4 Å². The highest BCUT2D eigenvalue weighted by atomic mass is 16.2. The number of pyridine rings is 8. The van der Waals surface area contributed by atoms with Crippen LogP contribution in [-0.4, -0.2) is 164 Å². The number of nitrogens with zero attached hydrogens (tertiary/aromatic N) is 17. The number of Topliss-reactive ketones (excluding diaryl/α,β-unsaturated/α-hetero) is 4. The van der Waals surface area contributed by atoms with Gasteiger partial charge in [-0.1, -0.05) is 61.5 Å². The number of aromatic nitrogens is 8. The summed E-state index contributed by atoms with van der Waals surface area (Å²) in [5, 5.41) is 20.6. The number of nitriles is 1. The highest BCUT2D eigenvalue weighted by Crippen LogP contribution is 2.44. The molecule has 115 heavy (non-hydrogen) atoms. The van der Waals surface area contributed by atoms with Crippen LogP contribution >= 0.6 is 0 Å². The van der Waals surface area contributed by atoms with Gasteiger partial charge in [0, 0.05) is 115 Å². The zero-order valence-corrected chi connectivity index (χ0v) is 63.9. The molecule has 4 saturated heterocycles. The summed E-state index contributed by atoms with van der Waals surface area (Å²) >= 11 is 0. The van der Waals surface area contributed by atoms with Gasteiger partial charge in [-0.15, -0.1) is 24.7 Å². The summed E-state index contributed by atoms with van der Waals surface area (Å²) in [6, 6.07) is 46.7. The van der Waals surface area contributed by atoms with Crippen molar-refractivity contribution in [3.8, 4) is 30.8 Å². The van der Waals surface area contributed by atoms with E-state index in [1.807, 2.05) is 79.7 Å². The number of fused-ring (bicyclic) bond motifs is 16. The van der Waals surface area contributed by atoms with E-state index in [9.17, 15) is 43.6 Å². The van der Waals surface area contributed by atoms with Crippen LogP contribution in [0.4, 0.5) is 88.5 Å². The maximum absolute atomic E-state index is 13.1. The molecule has 16 heterocycles. The second-order valence-corrected chi connectivity index (χ2v) is 29.6. The topological polar surface area (TPSA) is 338 Å². The van der Waals surface area contributed by atoms with Crippen molar-refractivity contribution in [2.24, 2.45) is 11.3 Å². The van der Waals surface area contributed by atoms with Crippen molar-refractivity contribution in [1.29, 1.82) is 5.26 Å². The first kappa shape index (κ1) is 77.7. The molecule has 0 unspecified atom stereocenters. The van der Waals surface area contributed by atoms with Gasteiger partial charge >= 0.3 is 24.1 Å². The van der Waals surface area contributed by atoms with Gasteiger partial charge in [0.1, 0.15) is 46.0 Å². The van der Waals surface area contributed by atoms with E-state index in [2.05, 4.69) is 98.6 Å². The zero-order valence-electron chi connectivity index (χ0n) is 63.9. The first-order chi connectivity index (χ1) is 55.8. The molecule has 0 radical (unpaired) electrons. The molecule has 8 aromatic heterocycles. The van der Waals surface area contributed by atoms with Gasteiger partial charge in [0.15, 0.2) is 46.4 Å². The number of carbonyl (C=O) groups excluding carboxylic acids is 8. The summed E-state index contributed by atoms with van der Waals surface area (Å²) in [4.78, 5) is 153. The first-order valence-electron chi connectivity index (χ1n) is 38.4. The van der Waals surface area contributed by atoms with Crippen LogP contribution in [0.5, 0.6) is 0 Å². The maximum Gasteiger partial charge on any atom is 0.329 e. The number of urea groups is 4. The summed E-state index contributed by atoms with van der Waals surface area (Å²) in [6.45, 7) is 11.7. The number of benzene rings is 1. The molecule has 8 aliphatic rings. The molecule has 0 spiro atoms. The van der Waals surface area contributed by atoms with Crippen molar-refractivity contribution >= 4 is 117 Å². The predicted octanol–water partition coefficient (Wildman–Crippen LogP) is 12.8. The largest absolute Gasteiger partial charge is 0.366 e. The van der Waals surface area contributed by atoms with Gasteiger partial charge in [-0.05, 0) is 149 Å². The van der Waals surface area contributed by atoms with Gasteiger partial charge in [-0.25, -0.2) is 59.0 Å². The Morgan fingerprint density at radius 1 is 0.435 bits per heavy atom. The van der Waals surface area contributed by atoms with Gasteiger partial charge in [0.2, 0.25) is 0 Å². The Morgan fingerprint density at radius 3 is 1.07 bits per heavy atom. The minimum Gasteiger partial charge on any atom is -0.366 e. The average Bonchev–Trinajstić information content (AvgIpc) is 1.67. The molecule has 5 atom stereocenters. The smallest absolute Gasteiger partial charge is 0.329 e. The SMILES string of the molecule is C#CCCC(=O)c1ccc2c(n1)N(C(=O)Nc1ccccn1)[C@H]1CCN2C1.C#C[C@@H](C)CC(=O)c1ccc2c(n1)N(C(=O)Nc1ccccn1)[C@H]1CCN2C1.CC(C)(C#N)CC(=O)c1ccc2c(n1)N(C(=O)Nc1ccccn1)[C@H]1CCN2C1.O=C(CCc1ccccc1)c1ccc2c(n1)N(C(=O)Nc1ccccn1)[C@H]1CCN2C1. The Morgan fingerprint density at radius 2 is 0.757 bits per heavy atom. The number of ketones is 4. The Labute approximate surface area is 665 Å². The molecule has 582 valence electrons. The van der Waals surface area contributed by atoms with Crippen LogP contribution in [0.15, 0.2) is 176 Å². The fourth-order valence-electron chi connectivity index (χ4n) is 15.3. The van der Waals surface area contributed by atoms with Gasteiger partial charge < -0.3 is 19.6 Å². The third kappa shape index (κ3) is 17.7. The van der Waals surface area contributed by atoms with Crippen LogP contribution in [0.3, 0.4) is 0 Å². The number of hydrogen-bond donors (Lipinski definition) is 4. The van der Waals surface area contributed by atoms with Crippen LogP contribution in [-0.2, 0) is 6.42 Å². The molecule has 1 aromatic carbocycles. The fourth-order valence-corrected chi connectivity index (χ4v) is 15.3.